The van der Waals surface area contributed by atoms with Crippen LogP contribution in [0.3, 0.4) is 0 Å². The first kappa shape index (κ1) is 13.4. The zero-order chi connectivity index (χ0) is 12.3. The predicted molar refractivity (Wildman–Crippen MR) is 72.1 cm³/mol. The second kappa shape index (κ2) is 5.71. The van der Waals surface area contributed by atoms with E-state index in [1.165, 1.54) is 25.7 Å². The zero-order valence-electron chi connectivity index (χ0n) is 11.8. The Balaban J connectivity index is 1.68. The molecule has 0 saturated heterocycles. The van der Waals surface area contributed by atoms with Crippen LogP contribution >= 0.6 is 0 Å². The lowest BCUT2D eigenvalue weighted by atomic mass is 9.85. The molecule has 1 unspecified atom stereocenters. The number of ether oxygens (including phenoxy) is 1. The smallest absolute Gasteiger partial charge is 0.0534 e. The molecule has 0 spiro atoms. The van der Waals surface area contributed by atoms with E-state index < -0.39 is 0 Å². The number of hydrogen-bond acceptors (Lipinski definition) is 2. The first-order valence-corrected chi connectivity index (χ1v) is 7.38. The molecule has 1 N–H and O–H groups in total. The van der Waals surface area contributed by atoms with Crippen molar-refractivity contribution < 1.29 is 4.74 Å². The Morgan fingerprint density at radius 3 is 2.47 bits per heavy atom. The van der Waals surface area contributed by atoms with Gasteiger partial charge in [0, 0.05) is 18.6 Å². The molecule has 0 radical (unpaired) electrons. The highest BCUT2D eigenvalue weighted by molar-refractivity contribution is 4.92. The maximum atomic E-state index is 5.94. The van der Waals surface area contributed by atoms with E-state index in [-0.39, 0.29) is 0 Å². The van der Waals surface area contributed by atoms with Crippen molar-refractivity contribution >= 4 is 0 Å². The van der Waals surface area contributed by atoms with Crippen molar-refractivity contribution in [1.82, 2.24) is 5.32 Å². The van der Waals surface area contributed by atoms with Gasteiger partial charge in [0.15, 0.2) is 0 Å². The summed E-state index contributed by atoms with van der Waals surface area (Å²) in [6.07, 6.45) is 5.61. The van der Waals surface area contributed by atoms with Gasteiger partial charge in [0.1, 0.15) is 0 Å². The van der Waals surface area contributed by atoms with Crippen LogP contribution in [0.5, 0.6) is 0 Å². The van der Waals surface area contributed by atoms with Crippen LogP contribution in [0.25, 0.3) is 0 Å². The maximum absolute atomic E-state index is 5.94. The average Bonchev–Trinajstić information content (AvgIpc) is 3.12. The molecule has 2 aliphatic carbocycles. The fourth-order valence-electron chi connectivity index (χ4n) is 2.48. The Kier molecular flexibility index (Phi) is 4.48. The van der Waals surface area contributed by atoms with Crippen LogP contribution in [-0.4, -0.2) is 26.3 Å². The molecule has 2 rings (SSSR count). The van der Waals surface area contributed by atoms with Crippen molar-refractivity contribution in [2.45, 2.75) is 46.5 Å². The van der Waals surface area contributed by atoms with Crippen molar-refractivity contribution in [3.63, 3.8) is 0 Å². The van der Waals surface area contributed by atoms with E-state index in [1.54, 1.807) is 0 Å². The van der Waals surface area contributed by atoms with Crippen LogP contribution in [0.2, 0.25) is 0 Å². The van der Waals surface area contributed by atoms with Gasteiger partial charge in [-0.1, -0.05) is 20.8 Å². The summed E-state index contributed by atoms with van der Waals surface area (Å²) >= 11 is 0. The fourth-order valence-corrected chi connectivity index (χ4v) is 2.48. The summed E-state index contributed by atoms with van der Waals surface area (Å²) in [4.78, 5) is 0. The Morgan fingerprint density at radius 2 is 1.94 bits per heavy atom. The highest BCUT2D eigenvalue weighted by Gasteiger charge is 2.41. The zero-order valence-corrected chi connectivity index (χ0v) is 11.8. The van der Waals surface area contributed by atoms with Crippen LogP contribution in [0.4, 0.5) is 0 Å². The number of nitrogens with one attached hydrogen (secondary N) is 1. The minimum atomic E-state index is 0.379. The lowest BCUT2D eigenvalue weighted by molar-refractivity contribution is 0.0344. The Bertz CT molecular complexity index is 223. The van der Waals surface area contributed by atoms with Crippen molar-refractivity contribution in [3.05, 3.63) is 0 Å². The molecule has 1 atom stereocenters. The molecule has 2 heteroatoms. The highest BCUT2D eigenvalue weighted by Crippen LogP contribution is 2.45. The third-order valence-electron chi connectivity index (χ3n) is 4.13. The van der Waals surface area contributed by atoms with Gasteiger partial charge in [-0.25, -0.2) is 0 Å². The molecule has 2 nitrogen and oxygen atoms in total. The molecule has 0 aromatic heterocycles. The SMILES string of the molecule is CC(C)CNCC(C)(COCC1CC1)C1CC1. The summed E-state index contributed by atoms with van der Waals surface area (Å²) in [5, 5.41) is 3.62. The quantitative estimate of drug-likeness (QED) is 0.667. The van der Waals surface area contributed by atoms with Gasteiger partial charge in [-0.05, 0) is 50.0 Å². The average molecular weight is 239 g/mol. The molecule has 0 heterocycles. The Morgan fingerprint density at radius 1 is 1.24 bits per heavy atom. The largest absolute Gasteiger partial charge is 0.381 e. The van der Waals surface area contributed by atoms with E-state index in [1.807, 2.05) is 0 Å². The fraction of sp³-hybridized carbons (Fsp3) is 1.00. The van der Waals surface area contributed by atoms with Crippen LogP contribution in [-0.2, 0) is 4.74 Å². The standard InChI is InChI=1S/C15H29NO/c1-12(2)8-16-10-15(3,14-6-7-14)11-17-9-13-4-5-13/h12-14,16H,4-11H2,1-3H3. The minimum absolute atomic E-state index is 0.379. The topological polar surface area (TPSA) is 21.3 Å². The van der Waals surface area contributed by atoms with E-state index >= 15 is 0 Å². The summed E-state index contributed by atoms with van der Waals surface area (Å²) in [5.74, 6) is 2.54. The summed E-state index contributed by atoms with van der Waals surface area (Å²) in [6, 6.07) is 0. The minimum Gasteiger partial charge on any atom is -0.381 e. The summed E-state index contributed by atoms with van der Waals surface area (Å²) in [6.45, 7) is 11.2. The molecule has 100 valence electrons. The van der Waals surface area contributed by atoms with Crippen LogP contribution in [0.1, 0.15) is 46.5 Å². The van der Waals surface area contributed by atoms with Gasteiger partial charge < -0.3 is 10.1 Å². The van der Waals surface area contributed by atoms with Gasteiger partial charge in [0.05, 0.1) is 6.61 Å². The Labute approximate surface area is 107 Å². The molecular weight excluding hydrogens is 210 g/mol. The van der Waals surface area contributed by atoms with Gasteiger partial charge >= 0.3 is 0 Å². The molecule has 0 aromatic rings. The second-order valence-corrected chi connectivity index (χ2v) is 6.91. The molecule has 2 aliphatic rings. The van der Waals surface area contributed by atoms with Gasteiger partial charge in [-0.2, -0.15) is 0 Å². The lowest BCUT2D eigenvalue weighted by Crippen LogP contribution is -2.39. The van der Waals surface area contributed by atoms with E-state index in [4.69, 9.17) is 4.74 Å². The third-order valence-corrected chi connectivity index (χ3v) is 4.13. The van der Waals surface area contributed by atoms with Crippen molar-refractivity contribution in [3.8, 4) is 0 Å². The van der Waals surface area contributed by atoms with Gasteiger partial charge in [-0.3, -0.25) is 0 Å². The van der Waals surface area contributed by atoms with Crippen LogP contribution < -0.4 is 5.32 Å². The lowest BCUT2D eigenvalue weighted by Gasteiger charge is -2.30. The first-order chi connectivity index (χ1) is 8.10. The number of hydrogen-bond donors (Lipinski definition) is 1. The van der Waals surface area contributed by atoms with Gasteiger partial charge in [0.25, 0.3) is 0 Å². The van der Waals surface area contributed by atoms with E-state index in [0.29, 0.717) is 5.41 Å². The van der Waals surface area contributed by atoms with Gasteiger partial charge in [0.2, 0.25) is 0 Å². The summed E-state index contributed by atoms with van der Waals surface area (Å²) in [5.41, 5.74) is 0.379. The Hall–Kier alpha value is -0.0800. The first-order valence-electron chi connectivity index (χ1n) is 7.38. The van der Waals surface area contributed by atoms with Crippen LogP contribution in [0, 0.1) is 23.2 Å². The molecule has 0 bridgehead atoms. The van der Waals surface area contributed by atoms with E-state index in [9.17, 15) is 0 Å². The molecule has 0 aliphatic heterocycles. The number of rotatable bonds is 9. The van der Waals surface area contributed by atoms with Crippen molar-refractivity contribution in [2.24, 2.45) is 23.2 Å². The molecule has 2 fully saturated rings. The maximum Gasteiger partial charge on any atom is 0.0534 e. The van der Waals surface area contributed by atoms with Crippen molar-refractivity contribution in [2.75, 3.05) is 26.3 Å². The van der Waals surface area contributed by atoms with Crippen LogP contribution in [0.15, 0.2) is 0 Å². The van der Waals surface area contributed by atoms with Crippen molar-refractivity contribution in [1.29, 1.82) is 0 Å². The summed E-state index contributed by atoms with van der Waals surface area (Å²) in [7, 11) is 0. The third kappa shape index (κ3) is 4.59. The molecular formula is C15H29NO. The van der Waals surface area contributed by atoms with E-state index in [0.717, 1.165) is 44.1 Å². The monoisotopic (exact) mass is 239 g/mol. The van der Waals surface area contributed by atoms with Gasteiger partial charge in [-0.15, -0.1) is 0 Å². The normalized spacial score (nSPS) is 24.0. The second-order valence-electron chi connectivity index (χ2n) is 6.91. The molecule has 0 aromatic carbocycles. The molecule has 2 saturated carbocycles. The molecule has 17 heavy (non-hydrogen) atoms. The highest BCUT2D eigenvalue weighted by atomic mass is 16.5. The van der Waals surface area contributed by atoms with E-state index in [2.05, 4.69) is 26.1 Å². The molecule has 0 amide bonds. The predicted octanol–water partition coefficient (Wildman–Crippen LogP) is 3.07. The summed E-state index contributed by atoms with van der Waals surface area (Å²) < 4.78 is 5.94.